The first-order valence-electron chi connectivity index (χ1n) is 5.68. The van der Waals surface area contributed by atoms with E-state index < -0.39 is 0 Å². The van der Waals surface area contributed by atoms with Crippen LogP contribution in [0.5, 0.6) is 0 Å². The number of pyridine rings is 1. The Labute approximate surface area is 103 Å². The molecule has 0 amide bonds. The van der Waals surface area contributed by atoms with Crippen molar-refractivity contribution in [1.29, 1.82) is 0 Å². The fourth-order valence-electron chi connectivity index (χ4n) is 1.87. The second-order valence-corrected chi connectivity index (χ2v) is 4.01. The number of nitrogens with zero attached hydrogens (tertiary/aromatic N) is 4. The monoisotopic (exact) mass is 240 g/mol. The molecule has 2 heterocycles. The zero-order valence-electron chi connectivity index (χ0n) is 9.83. The lowest BCUT2D eigenvalue weighted by Crippen LogP contribution is -2.09. The summed E-state index contributed by atoms with van der Waals surface area (Å²) >= 11 is 0. The third kappa shape index (κ3) is 1.88. The molecule has 0 radical (unpaired) electrons. The third-order valence-corrected chi connectivity index (χ3v) is 2.77. The Morgan fingerprint density at radius 3 is 2.94 bits per heavy atom. The van der Waals surface area contributed by atoms with Gasteiger partial charge in [-0.05, 0) is 19.1 Å². The molecule has 6 heteroatoms. The van der Waals surface area contributed by atoms with Crippen molar-refractivity contribution < 1.29 is 0 Å². The first kappa shape index (κ1) is 10.6. The second-order valence-electron chi connectivity index (χ2n) is 4.01. The molecular weight excluding hydrogens is 228 g/mol. The van der Waals surface area contributed by atoms with Crippen molar-refractivity contribution in [2.45, 2.75) is 13.0 Å². The molecule has 3 rings (SSSR count). The number of anilines is 1. The average molecular weight is 240 g/mol. The van der Waals surface area contributed by atoms with Crippen LogP contribution in [0.4, 0.5) is 5.69 Å². The summed E-state index contributed by atoms with van der Waals surface area (Å²) in [6, 6.07) is 9.91. The Hall–Kier alpha value is -2.50. The van der Waals surface area contributed by atoms with Crippen LogP contribution in [-0.4, -0.2) is 25.6 Å². The third-order valence-electron chi connectivity index (χ3n) is 2.77. The van der Waals surface area contributed by atoms with E-state index in [9.17, 15) is 0 Å². The Balaban J connectivity index is 1.95. The van der Waals surface area contributed by atoms with Crippen LogP contribution in [0.25, 0.3) is 10.9 Å². The van der Waals surface area contributed by atoms with Crippen molar-refractivity contribution in [1.82, 2.24) is 25.6 Å². The van der Waals surface area contributed by atoms with Gasteiger partial charge in [-0.1, -0.05) is 23.4 Å². The molecule has 0 spiro atoms. The zero-order chi connectivity index (χ0) is 12.4. The van der Waals surface area contributed by atoms with E-state index >= 15 is 0 Å². The number of H-pyrrole nitrogens is 1. The van der Waals surface area contributed by atoms with Crippen LogP contribution in [0.1, 0.15) is 18.8 Å². The predicted octanol–water partition coefficient (Wildman–Crippen LogP) is 1.92. The van der Waals surface area contributed by atoms with E-state index in [1.54, 1.807) is 6.20 Å². The molecule has 0 bridgehead atoms. The number of aromatic nitrogens is 5. The maximum Gasteiger partial charge on any atom is 0.196 e. The maximum atomic E-state index is 4.32. The van der Waals surface area contributed by atoms with Gasteiger partial charge < -0.3 is 5.32 Å². The van der Waals surface area contributed by atoms with Crippen molar-refractivity contribution >= 4 is 16.6 Å². The number of rotatable bonds is 3. The molecule has 1 atom stereocenters. The summed E-state index contributed by atoms with van der Waals surface area (Å²) in [5.74, 6) is 0.635. The Bertz CT molecular complexity index is 643. The molecule has 0 aliphatic rings. The van der Waals surface area contributed by atoms with Crippen LogP contribution in [0.3, 0.4) is 0 Å². The minimum Gasteiger partial charge on any atom is -0.375 e. The van der Waals surface area contributed by atoms with Gasteiger partial charge in [-0.15, -0.1) is 10.2 Å². The minimum absolute atomic E-state index is 0.0189. The largest absolute Gasteiger partial charge is 0.375 e. The quantitative estimate of drug-likeness (QED) is 0.731. The van der Waals surface area contributed by atoms with Gasteiger partial charge in [0.2, 0.25) is 0 Å². The summed E-state index contributed by atoms with van der Waals surface area (Å²) in [6.45, 7) is 1.99. The molecule has 0 saturated carbocycles. The predicted molar refractivity (Wildman–Crippen MR) is 68.0 cm³/mol. The second kappa shape index (κ2) is 4.40. The maximum absolute atomic E-state index is 4.32. The van der Waals surface area contributed by atoms with E-state index in [1.807, 2.05) is 37.3 Å². The van der Waals surface area contributed by atoms with Crippen molar-refractivity contribution in [3.63, 3.8) is 0 Å². The van der Waals surface area contributed by atoms with Crippen LogP contribution in [0.2, 0.25) is 0 Å². The normalized spacial score (nSPS) is 12.5. The lowest BCUT2D eigenvalue weighted by atomic mass is 10.1. The number of hydrogen-bond acceptors (Lipinski definition) is 5. The van der Waals surface area contributed by atoms with Gasteiger partial charge in [0.15, 0.2) is 5.82 Å². The molecular formula is C12H12N6. The van der Waals surface area contributed by atoms with Crippen LogP contribution in [-0.2, 0) is 0 Å². The summed E-state index contributed by atoms with van der Waals surface area (Å²) in [5.41, 5.74) is 1.97. The van der Waals surface area contributed by atoms with Gasteiger partial charge in [-0.3, -0.25) is 4.98 Å². The highest BCUT2D eigenvalue weighted by molar-refractivity contribution is 5.90. The molecule has 6 nitrogen and oxygen atoms in total. The summed E-state index contributed by atoms with van der Waals surface area (Å²) in [6.07, 6.45) is 1.79. The van der Waals surface area contributed by atoms with Crippen LogP contribution >= 0.6 is 0 Å². The Kier molecular flexibility index (Phi) is 2.60. The highest BCUT2D eigenvalue weighted by Crippen LogP contribution is 2.24. The number of benzene rings is 1. The van der Waals surface area contributed by atoms with Crippen LogP contribution in [0, 0.1) is 0 Å². The van der Waals surface area contributed by atoms with Gasteiger partial charge in [0, 0.05) is 17.3 Å². The lowest BCUT2D eigenvalue weighted by molar-refractivity contribution is 0.794. The number of nitrogens with one attached hydrogen (secondary N) is 2. The van der Waals surface area contributed by atoms with Gasteiger partial charge in [-0.2, -0.15) is 5.21 Å². The number of aromatic amines is 1. The van der Waals surface area contributed by atoms with E-state index in [-0.39, 0.29) is 6.04 Å². The molecule has 0 aliphatic heterocycles. The fraction of sp³-hybridized carbons (Fsp3) is 0.167. The molecule has 2 N–H and O–H groups in total. The lowest BCUT2D eigenvalue weighted by Gasteiger charge is -2.13. The van der Waals surface area contributed by atoms with Crippen LogP contribution in [0.15, 0.2) is 36.5 Å². The first-order chi connectivity index (χ1) is 8.84. The van der Waals surface area contributed by atoms with E-state index in [2.05, 4.69) is 30.9 Å². The van der Waals surface area contributed by atoms with Gasteiger partial charge >= 0.3 is 0 Å². The van der Waals surface area contributed by atoms with E-state index in [4.69, 9.17) is 0 Å². The van der Waals surface area contributed by atoms with Crippen molar-refractivity contribution in [3.8, 4) is 0 Å². The summed E-state index contributed by atoms with van der Waals surface area (Å²) in [4.78, 5) is 4.32. The number of fused-ring (bicyclic) bond motifs is 1. The van der Waals surface area contributed by atoms with Gasteiger partial charge in [-0.25, -0.2) is 0 Å². The van der Waals surface area contributed by atoms with Gasteiger partial charge in [0.05, 0.1) is 11.6 Å². The topological polar surface area (TPSA) is 79.4 Å². The highest BCUT2D eigenvalue weighted by atomic mass is 15.5. The molecule has 0 aliphatic carbocycles. The highest BCUT2D eigenvalue weighted by Gasteiger charge is 2.11. The number of hydrogen-bond donors (Lipinski definition) is 2. The van der Waals surface area contributed by atoms with E-state index in [0.717, 1.165) is 16.6 Å². The van der Waals surface area contributed by atoms with Crippen LogP contribution < -0.4 is 5.32 Å². The number of para-hydroxylation sites is 1. The van der Waals surface area contributed by atoms with Gasteiger partial charge in [0.1, 0.15) is 0 Å². The standard InChI is InChI=1S/C12H12N6/c1-8(12-15-17-18-16-12)14-11-6-7-13-10-5-3-2-4-9(10)11/h2-8H,1H3,(H,13,14)(H,15,16,17,18). The smallest absolute Gasteiger partial charge is 0.196 e. The Morgan fingerprint density at radius 1 is 1.22 bits per heavy atom. The van der Waals surface area contributed by atoms with Crippen molar-refractivity contribution in [2.75, 3.05) is 5.32 Å². The minimum atomic E-state index is -0.0189. The SMILES string of the molecule is CC(Nc1ccnc2ccccc12)c1nn[nH]n1. The molecule has 1 unspecified atom stereocenters. The molecule has 2 aromatic heterocycles. The zero-order valence-corrected chi connectivity index (χ0v) is 9.83. The first-order valence-corrected chi connectivity index (χ1v) is 5.68. The molecule has 1 aromatic carbocycles. The molecule has 3 aromatic rings. The summed E-state index contributed by atoms with van der Waals surface area (Å²) < 4.78 is 0. The number of tetrazole rings is 1. The molecule has 90 valence electrons. The fourth-order valence-corrected chi connectivity index (χ4v) is 1.87. The van der Waals surface area contributed by atoms with Crippen molar-refractivity contribution in [2.24, 2.45) is 0 Å². The Morgan fingerprint density at radius 2 is 2.11 bits per heavy atom. The van der Waals surface area contributed by atoms with Crippen molar-refractivity contribution in [3.05, 3.63) is 42.4 Å². The van der Waals surface area contributed by atoms with Gasteiger partial charge in [0.25, 0.3) is 0 Å². The summed E-state index contributed by atoms with van der Waals surface area (Å²) in [5, 5.41) is 18.4. The molecule has 18 heavy (non-hydrogen) atoms. The molecule has 0 saturated heterocycles. The van der Waals surface area contributed by atoms with E-state index in [0.29, 0.717) is 5.82 Å². The molecule has 0 fully saturated rings. The van der Waals surface area contributed by atoms with E-state index in [1.165, 1.54) is 0 Å². The summed E-state index contributed by atoms with van der Waals surface area (Å²) in [7, 11) is 0. The average Bonchev–Trinajstić information content (AvgIpc) is 2.93.